The Hall–Kier alpha value is -3.31. The first-order valence-corrected chi connectivity index (χ1v) is 11.5. The zero-order valence-electron chi connectivity index (χ0n) is 18.7. The van der Waals surface area contributed by atoms with Crippen LogP contribution in [-0.4, -0.2) is 10.9 Å². The van der Waals surface area contributed by atoms with Gasteiger partial charge < -0.3 is 9.73 Å². The topological polar surface area (TPSA) is 55.1 Å². The highest BCUT2D eigenvalue weighted by molar-refractivity contribution is 7.98. The fraction of sp³-hybridized carbons (Fsp3) is 0.185. The van der Waals surface area contributed by atoms with Gasteiger partial charge in [0.2, 0.25) is 5.89 Å². The third-order valence-electron chi connectivity index (χ3n) is 5.16. The molecule has 0 unspecified atom stereocenters. The van der Waals surface area contributed by atoms with Crippen molar-refractivity contribution in [1.29, 1.82) is 0 Å². The Labute approximate surface area is 193 Å². The van der Waals surface area contributed by atoms with Crippen molar-refractivity contribution in [1.82, 2.24) is 4.98 Å². The molecule has 0 fully saturated rings. The summed E-state index contributed by atoms with van der Waals surface area (Å²) >= 11 is 1.74. The zero-order chi connectivity index (χ0) is 22.7. The average Bonchev–Trinajstić information content (AvgIpc) is 3.13. The molecule has 1 N–H and O–H groups in total. The molecule has 3 aromatic carbocycles. The summed E-state index contributed by atoms with van der Waals surface area (Å²) in [6.45, 7) is 8.06. The van der Waals surface area contributed by atoms with E-state index >= 15 is 0 Å². The lowest BCUT2D eigenvalue weighted by Crippen LogP contribution is -2.12. The second-order valence-electron chi connectivity index (χ2n) is 8.03. The maximum Gasteiger partial charge on any atom is 0.255 e. The molecule has 162 valence electrons. The summed E-state index contributed by atoms with van der Waals surface area (Å²) in [6, 6.07) is 21.8. The molecule has 0 aliphatic rings. The van der Waals surface area contributed by atoms with Crippen LogP contribution in [0.25, 0.3) is 11.5 Å². The number of aromatic nitrogens is 1. The van der Waals surface area contributed by atoms with E-state index in [1.54, 1.807) is 23.9 Å². The fourth-order valence-corrected chi connectivity index (χ4v) is 4.39. The number of benzene rings is 3. The van der Waals surface area contributed by atoms with Gasteiger partial charge in [0.05, 0.1) is 5.69 Å². The molecule has 1 heterocycles. The highest BCUT2D eigenvalue weighted by atomic mass is 32.2. The van der Waals surface area contributed by atoms with Crippen LogP contribution in [0, 0.1) is 27.7 Å². The van der Waals surface area contributed by atoms with Crippen molar-refractivity contribution in [3.8, 4) is 11.5 Å². The molecular weight excluding hydrogens is 416 g/mol. The van der Waals surface area contributed by atoms with Crippen LogP contribution in [0.1, 0.15) is 38.5 Å². The van der Waals surface area contributed by atoms with E-state index < -0.39 is 0 Å². The number of carbonyl (C=O) groups excluding carboxylic acids is 1. The van der Waals surface area contributed by atoms with Gasteiger partial charge >= 0.3 is 0 Å². The van der Waals surface area contributed by atoms with Crippen molar-refractivity contribution in [3.63, 3.8) is 0 Å². The van der Waals surface area contributed by atoms with Gasteiger partial charge in [-0.05, 0) is 87.4 Å². The molecule has 1 amide bonds. The van der Waals surface area contributed by atoms with Gasteiger partial charge in [0.15, 0.2) is 0 Å². The number of hydrogen-bond acceptors (Lipinski definition) is 4. The summed E-state index contributed by atoms with van der Waals surface area (Å²) in [5, 5.41) is 2.97. The molecule has 32 heavy (non-hydrogen) atoms. The molecule has 0 aliphatic heterocycles. The van der Waals surface area contributed by atoms with Crippen molar-refractivity contribution in [3.05, 3.63) is 100 Å². The monoisotopic (exact) mass is 442 g/mol. The predicted molar refractivity (Wildman–Crippen MR) is 131 cm³/mol. The van der Waals surface area contributed by atoms with Crippen LogP contribution in [0.2, 0.25) is 0 Å². The lowest BCUT2D eigenvalue weighted by Gasteiger charge is -2.08. The normalized spacial score (nSPS) is 10.9. The van der Waals surface area contributed by atoms with E-state index in [0.29, 0.717) is 11.5 Å². The minimum atomic E-state index is -0.139. The first-order valence-electron chi connectivity index (χ1n) is 10.5. The van der Waals surface area contributed by atoms with E-state index in [-0.39, 0.29) is 5.91 Å². The second-order valence-corrected chi connectivity index (χ2v) is 9.08. The van der Waals surface area contributed by atoms with Crippen LogP contribution in [0.4, 0.5) is 5.69 Å². The molecule has 1 aromatic heterocycles. The number of rotatable bonds is 6. The number of carbonyl (C=O) groups is 1. The Morgan fingerprint density at radius 2 is 1.53 bits per heavy atom. The van der Waals surface area contributed by atoms with Gasteiger partial charge in [-0.15, -0.1) is 11.8 Å². The number of oxazole rings is 1. The third-order valence-corrected chi connectivity index (χ3v) is 6.19. The molecule has 5 heteroatoms. The van der Waals surface area contributed by atoms with E-state index in [1.807, 2.05) is 45.0 Å². The lowest BCUT2D eigenvalue weighted by atomic mass is 10.1. The second kappa shape index (κ2) is 9.45. The van der Waals surface area contributed by atoms with E-state index in [9.17, 15) is 4.79 Å². The van der Waals surface area contributed by atoms with Crippen LogP contribution < -0.4 is 5.32 Å². The first-order chi connectivity index (χ1) is 15.4. The highest BCUT2D eigenvalue weighted by Gasteiger charge is 2.13. The van der Waals surface area contributed by atoms with Crippen molar-refractivity contribution in [2.75, 3.05) is 5.32 Å². The van der Waals surface area contributed by atoms with Gasteiger partial charge in [-0.25, -0.2) is 4.98 Å². The van der Waals surface area contributed by atoms with Crippen molar-refractivity contribution in [2.24, 2.45) is 0 Å². The number of nitrogens with one attached hydrogen (secondary N) is 1. The number of thioether (sulfide) groups is 1. The largest absolute Gasteiger partial charge is 0.441 e. The minimum Gasteiger partial charge on any atom is -0.441 e. The predicted octanol–water partition coefficient (Wildman–Crippen LogP) is 7.12. The number of hydrogen-bond donors (Lipinski definition) is 1. The Bertz CT molecular complexity index is 1220. The smallest absolute Gasteiger partial charge is 0.255 e. The van der Waals surface area contributed by atoms with Crippen LogP contribution in [-0.2, 0) is 5.75 Å². The number of amides is 1. The average molecular weight is 443 g/mol. The van der Waals surface area contributed by atoms with E-state index in [1.165, 1.54) is 10.5 Å². The Kier molecular flexibility index (Phi) is 6.47. The SMILES string of the molecule is Cc1ccc(SCc2nc(-c3ccc(C(=O)Nc4cc(C)cc(C)c4)cc3)oc2C)cc1. The summed E-state index contributed by atoms with van der Waals surface area (Å²) in [7, 11) is 0. The van der Waals surface area contributed by atoms with Crippen LogP contribution >= 0.6 is 11.8 Å². The van der Waals surface area contributed by atoms with Crippen LogP contribution in [0.3, 0.4) is 0 Å². The van der Waals surface area contributed by atoms with Gasteiger partial charge in [-0.2, -0.15) is 0 Å². The lowest BCUT2D eigenvalue weighted by molar-refractivity contribution is 0.102. The fourth-order valence-electron chi connectivity index (χ4n) is 3.49. The molecule has 0 bridgehead atoms. The van der Waals surface area contributed by atoms with Crippen LogP contribution in [0.5, 0.6) is 0 Å². The summed E-state index contributed by atoms with van der Waals surface area (Å²) < 4.78 is 5.91. The summed E-state index contributed by atoms with van der Waals surface area (Å²) in [6.07, 6.45) is 0. The highest BCUT2D eigenvalue weighted by Crippen LogP contribution is 2.28. The third kappa shape index (κ3) is 5.29. The minimum absolute atomic E-state index is 0.139. The molecule has 0 radical (unpaired) electrons. The maximum absolute atomic E-state index is 12.6. The number of anilines is 1. The molecule has 4 nitrogen and oxygen atoms in total. The summed E-state index contributed by atoms with van der Waals surface area (Å²) in [5.74, 6) is 1.99. The molecule has 0 saturated carbocycles. The molecular formula is C27H26N2O2S. The molecule has 0 saturated heterocycles. The van der Waals surface area contributed by atoms with Crippen molar-refractivity contribution in [2.45, 2.75) is 38.3 Å². The van der Waals surface area contributed by atoms with Gasteiger partial charge in [-0.3, -0.25) is 4.79 Å². The quantitative estimate of drug-likeness (QED) is 0.323. The Morgan fingerprint density at radius 1 is 0.875 bits per heavy atom. The van der Waals surface area contributed by atoms with E-state index in [0.717, 1.165) is 39.6 Å². The van der Waals surface area contributed by atoms with Gasteiger partial charge in [0.25, 0.3) is 5.91 Å². The van der Waals surface area contributed by atoms with Crippen molar-refractivity contribution < 1.29 is 9.21 Å². The van der Waals surface area contributed by atoms with E-state index in [4.69, 9.17) is 4.42 Å². The van der Waals surface area contributed by atoms with Gasteiger partial charge in [0.1, 0.15) is 5.76 Å². The molecule has 0 aliphatic carbocycles. The molecule has 4 rings (SSSR count). The molecule has 0 atom stereocenters. The molecule has 0 spiro atoms. The summed E-state index contributed by atoms with van der Waals surface area (Å²) in [5.41, 5.74) is 6.66. The Balaban J connectivity index is 1.43. The summed E-state index contributed by atoms with van der Waals surface area (Å²) in [4.78, 5) is 18.5. The maximum atomic E-state index is 12.6. The van der Waals surface area contributed by atoms with Crippen LogP contribution in [0.15, 0.2) is 76.0 Å². The zero-order valence-corrected chi connectivity index (χ0v) is 19.5. The number of nitrogens with zero attached hydrogens (tertiary/aromatic N) is 1. The Morgan fingerprint density at radius 3 is 2.19 bits per heavy atom. The first kappa shape index (κ1) is 21.9. The van der Waals surface area contributed by atoms with Crippen molar-refractivity contribution >= 4 is 23.4 Å². The van der Waals surface area contributed by atoms with Gasteiger partial charge in [0, 0.05) is 27.5 Å². The standard InChI is InChI=1S/C27H26N2O2S/c1-17-5-11-24(12-6-17)32-16-25-20(4)31-27(29-25)22-9-7-21(8-10-22)26(30)28-23-14-18(2)13-19(3)15-23/h5-15H,16H2,1-4H3,(H,28,30). The number of aryl methyl sites for hydroxylation is 4. The molecule has 4 aromatic rings. The van der Waals surface area contributed by atoms with E-state index in [2.05, 4.69) is 47.6 Å². The van der Waals surface area contributed by atoms with Gasteiger partial charge in [-0.1, -0.05) is 23.8 Å².